The summed E-state index contributed by atoms with van der Waals surface area (Å²) in [6.07, 6.45) is 0. The smallest absolute Gasteiger partial charge is 0.399 e. The summed E-state index contributed by atoms with van der Waals surface area (Å²) in [5.41, 5.74) is 0.752. The van der Waals surface area contributed by atoms with Crippen molar-refractivity contribution >= 4 is 30.2 Å². The molecule has 6 nitrogen and oxygen atoms in total. The minimum atomic E-state index is -0.647. The van der Waals surface area contributed by atoms with Crippen LogP contribution in [0, 0.1) is 12.7 Å². The Morgan fingerprint density at radius 1 is 1.03 bits per heavy atom. The number of halogens is 1. The number of urea groups is 1. The first-order valence-corrected chi connectivity index (χ1v) is 9.75. The molecule has 0 aliphatic carbocycles. The van der Waals surface area contributed by atoms with E-state index in [1.165, 1.54) is 25.2 Å². The van der Waals surface area contributed by atoms with Crippen LogP contribution in [-0.2, 0) is 9.31 Å². The molecule has 1 aliphatic heterocycles. The molecule has 0 atom stereocenters. The van der Waals surface area contributed by atoms with Crippen molar-refractivity contribution in [2.45, 2.75) is 45.8 Å². The van der Waals surface area contributed by atoms with Crippen molar-refractivity contribution in [3.8, 4) is 0 Å². The Balaban J connectivity index is 2.05. The second-order valence-electron chi connectivity index (χ2n) is 8.29. The molecule has 1 fully saturated rings. The van der Waals surface area contributed by atoms with E-state index in [9.17, 15) is 14.0 Å². The van der Waals surface area contributed by atoms with Gasteiger partial charge in [0, 0.05) is 12.6 Å². The first kappa shape index (κ1) is 22.0. The topological polar surface area (TPSA) is 67.9 Å². The van der Waals surface area contributed by atoms with Crippen LogP contribution in [0.3, 0.4) is 0 Å². The molecule has 1 aliphatic rings. The van der Waals surface area contributed by atoms with Crippen LogP contribution in [0.1, 0.15) is 43.6 Å². The van der Waals surface area contributed by atoms with Gasteiger partial charge in [0.1, 0.15) is 5.82 Å². The van der Waals surface area contributed by atoms with E-state index in [1.807, 2.05) is 33.8 Å². The zero-order valence-corrected chi connectivity index (χ0v) is 18.1. The average Bonchev–Trinajstić information content (AvgIpc) is 2.90. The molecule has 2 aromatic carbocycles. The van der Waals surface area contributed by atoms with Gasteiger partial charge in [-0.15, -0.1) is 0 Å². The van der Waals surface area contributed by atoms with Gasteiger partial charge in [-0.1, -0.05) is 18.2 Å². The third kappa shape index (κ3) is 3.85. The van der Waals surface area contributed by atoms with Crippen LogP contribution in [0.25, 0.3) is 0 Å². The highest BCUT2D eigenvalue weighted by Gasteiger charge is 2.52. The number of hydrogen-bond donors (Lipinski definition) is 1. The van der Waals surface area contributed by atoms with Crippen LogP contribution in [-0.4, -0.2) is 37.3 Å². The summed E-state index contributed by atoms with van der Waals surface area (Å²) in [4.78, 5) is 26.8. The van der Waals surface area contributed by atoms with Gasteiger partial charge in [-0.2, -0.15) is 0 Å². The highest BCUT2D eigenvalue weighted by molar-refractivity contribution is 6.62. The third-order valence-electron chi connectivity index (χ3n) is 5.79. The van der Waals surface area contributed by atoms with Gasteiger partial charge in [-0.05, 0) is 69.9 Å². The number of nitrogens with one attached hydrogen (secondary N) is 1. The SMILES string of the molecule is CNC(=O)N(C(=O)c1cccc(F)c1)c1cccc(B2OC(C)(C)C(C)(C)O2)c1C. The molecule has 158 valence electrons. The number of benzene rings is 2. The van der Waals surface area contributed by atoms with E-state index in [1.54, 1.807) is 19.1 Å². The summed E-state index contributed by atoms with van der Waals surface area (Å²) >= 11 is 0. The molecule has 1 N–H and O–H groups in total. The van der Waals surface area contributed by atoms with Crippen molar-refractivity contribution in [3.05, 3.63) is 59.4 Å². The second kappa shape index (κ2) is 7.85. The van der Waals surface area contributed by atoms with E-state index in [0.29, 0.717) is 16.7 Å². The second-order valence-corrected chi connectivity index (χ2v) is 8.29. The van der Waals surface area contributed by atoms with Crippen molar-refractivity contribution in [2.24, 2.45) is 0 Å². The molecule has 0 saturated carbocycles. The Kier molecular flexibility index (Phi) is 5.75. The number of carbonyl (C=O) groups is 2. The maximum Gasteiger partial charge on any atom is 0.495 e. The maximum absolute atomic E-state index is 13.7. The molecule has 8 heteroatoms. The normalized spacial score (nSPS) is 17.0. The van der Waals surface area contributed by atoms with Crippen LogP contribution in [0.2, 0.25) is 0 Å². The van der Waals surface area contributed by atoms with Crippen LogP contribution < -0.4 is 15.7 Å². The molecular weight excluding hydrogens is 386 g/mol. The molecule has 0 spiro atoms. The van der Waals surface area contributed by atoms with Gasteiger partial charge >= 0.3 is 13.1 Å². The molecule has 0 radical (unpaired) electrons. The monoisotopic (exact) mass is 412 g/mol. The van der Waals surface area contributed by atoms with Gasteiger partial charge in [-0.3, -0.25) is 4.79 Å². The van der Waals surface area contributed by atoms with E-state index in [-0.39, 0.29) is 5.56 Å². The van der Waals surface area contributed by atoms with Crippen LogP contribution >= 0.6 is 0 Å². The van der Waals surface area contributed by atoms with E-state index < -0.39 is 36.1 Å². The summed E-state index contributed by atoms with van der Waals surface area (Å²) in [5.74, 6) is -1.19. The number of amides is 3. The lowest BCUT2D eigenvalue weighted by Crippen LogP contribution is -2.44. The molecule has 1 heterocycles. The molecule has 1 saturated heterocycles. The molecule has 3 rings (SSSR count). The number of nitrogens with zero attached hydrogens (tertiary/aromatic N) is 1. The standard InChI is InChI=1S/C22H26BFN2O4/c1-14-17(23-29-21(2,3)22(4,5)30-23)11-8-12-18(14)26(20(28)25-6)19(27)15-9-7-10-16(24)13-15/h7-13H,1-6H3,(H,25,28). The molecule has 0 aromatic heterocycles. The lowest BCUT2D eigenvalue weighted by Gasteiger charge is -2.32. The molecule has 2 aromatic rings. The van der Waals surface area contributed by atoms with Crippen LogP contribution in [0.15, 0.2) is 42.5 Å². The number of rotatable bonds is 3. The summed E-state index contributed by atoms with van der Waals surface area (Å²) in [6.45, 7) is 9.62. The Labute approximate surface area is 176 Å². The lowest BCUT2D eigenvalue weighted by atomic mass is 9.75. The lowest BCUT2D eigenvalue weighted by molar-refractivity contribution is 0.00578. The molecule has 0 unspecified atom stereocenters. The number of anilines is 1. The van der Waals surface area contributed by atoms with Gasteiger partial charge in [0.25, 0.3) is 5.91 Å². The van der Waals surface area contributed by atoms with Gasteiger partial charge in [0.2, 0.25) is 0 Å². The fraction of sp³-hybridized carbons (Fsp3) is 0.364. The summed E-state index contributed by atoms with van der Waals surface area (Å²) in [5, 5.41) is 2.48. The average molecular weight is 412 g/mol. The van der Waals surface area contributed by atoms with E-state index in [2.05, 4.69) is 5.32 Å². The highest BCUT2D eigenvalue weighted by atomic mass is 19.1. The Hall–Kier alpha value is -2.71. The third-order valence-corrected chi connectivity index (χ3v) is 5.79. The first-order valence-electron chi connectivity index (χ1n) is 9.75. The first-order chi connectivity index (χ1) is 14.0. The maximum atomic E-state index is 13.7. The Morgan fingerprint density at radius 3 is 2.20 bits per heavy atom. The number of imide groups is 1. The van der Waals surface area contributed by atoms with E-state index in [0.717, 1.165) is 11.0 Å². The Bertz CT molecular complexity index is 977. The molecule has 0 bridgehead atoms. The summed E-state index contributed by atoms with van der Waals surface area (Å²) in [7, 11) is 0.785. The minimum Gasteiger partial charge on any atom is -0.399 e. The van der Waals surface area contributed by atoms with Crippen molar-refractivity contribution in [1.82, 2.24) is 5.32 Å². The van der Waals surface area contributed by atoms with E-state index >= 15 is 0 Å². The van der Waals surface area contributed by atoms with Gasteiger partial charge < -0.3 is 14.6 Å². The summed E-state index contributed by atoms with van der Waals surface area (Å²) in [6, 6.07) is 9.85. The number of hydrogen-bond acceptors (Lipinski definition) is 4. The van der Waals surface area contributed by atoms with Crippen LogP contribution in [0.4, 0.5) is 14.9 Å². The number of carbonyl (C=O) groups excluding carboxylic acids is 2. The van der Waals surface area contributed by atoms with Crippen molar-refractivity contribution in [1.29, 1.82) is 0 Å². The van der Waals surface area contributed by atoms with Gasteiger partial charge in [-0.25, -0.2) is 14.1 Å². The van der Waals surface area contributed by atoms with Gasteiger partial charge in [0.15, 0.2) is 0 Å². The predicted molar refractivity (Wildman–Crippen MR) is 115 cm³/mol. The predicted octanol–water partition coefficient (Wildman–Crippen LogP) is 3.42. The fourth-order valence-electron chi connectivity index (χ4n) is 3.28. The van der Waals surface area contributed by atoms with Crippen LogP contribution in [0.5, 0.6) is 0 Å². The quantitative estimate of drug-likeness (QED) is 0.785. The van der Waals surface area contributed by atoms with E-state index in [4.69, 9.17) is 9.31 Å². The van der Waals surface area contributed by atoms with Crippen molar-refractivity contribution in [3.63, 3.8) is 0 Å². The van der Waals surface area contributed by atoms with Crippen molar-refractivity contribution < 1.29 is 23.3 Å². The largest absolute Gasteiger partial charge is 0.495 e. The molecule has 3 amide bonds. The zero-order valence-electron chi connectivity index (χ0n) is 18.1. The minimum absolute atomic E-state index is 0.0686. The summed E-state index contributed by atoms with van der Waals surface area (Å²) < 4.78 is 25.9. The molecule has 30 heavy (non-hydrogen) atoms. The van der Waals surface area contributed by atoms with Gasteiger partial charge in [0.05, 0.1) is 16.9 Å². The fourth-order valence-corrected chi connectivity index (χ4v) is 3.28. The Morgan fingerprint density at radius 2 is 1.63 bits per heavy atom. The van der Waals surface area contributed by atoms with Crippen molar-refractivity contribution in [2.75, 3.05) is 11.9 Å². The molecular formula is C22H26BFN2O4. The highest BCUT2D eigenvalue weighted by Crippen LogP contribution is 2.37. The zero-order chi connectivity index (χ0) is 22.3.